The molecule has 2 aromatic rings. The van der Waals surface area contributed by atoms with E-state index >= 15 is 0 Å². The number of hydrogen-bond donors (Lipinski definition) is 0. The molecule has 2 aromatic carbocycles. The fraction of sp³-hybridized carbons (Fsp3) is 0.0588. The molecule has 0 atom stereocenters. The summed E-state index contributed by atoms with van der Waals surface area (Å²) < 4.78 is 27.5. The predicted molar refractivity (Wildman–Crippen MR) is 109 cm³/mol. The normalized spacial score (nSPS) is 16.4. The maximum Gasteiger partial charge on any atom is 0.306 e. The molecule has 1 heterocycles. The summed E-state index contributed by atoms with van der Waals surface area (Å²) in [6.07, 6.45) is 2.66. The van der Waals surface area contributed by atoms with Crippen LogP contribution in [-0.4, -0.2) is 24.9 Å². The molecule has 0 saturated carbocycles. The summed E-state index contributed by atoms with van der Waals surface area (Å²) in [7, 11) is -3.58. The molecule has 1 aliphatic heterocycles. The molecule has 0 radical (unpaired) electrons. The van der Waals surface area contributed by atoms with Gasteiger partial charge in [0, 0.05) is 5.02 Å². The molecule has 0 aliphatic carbocycles. The van der Waals surface area contributed by atoms with E-state index in [1.54, 1.807) is 42.5 Å². The number of thioether (sulfide) groups is 1. The van der Waals surface area contributed by atoms with E-state index in [9.17, 15) is 13.2 Å². The fourth-order valence-electron chi connectivity index (χ4n) is 2.25. The van der Waals surface area contributed by atoms with Gasteiger partial charge < -0.3 is 4.18 Å². The molecule has 1 fully saturated rings. The first kappa shape index (κ1) is 18.9. The van der Waals surface area contributed by atoms with Gasteiger partial charge in [0.2, 0.25) is 0 Å². The zero-order chi connectivity index (χ0) is 18.9. The summed E-state index contributed by atoms with van der Waals surface area (Å²) in [5.74, 6) is -0.0325. The van der Waals surface area contributed by atoms with Crippen molar-refractivity contribution in [1.29, 1.82) is 0 Å². The molecule has 0 bridgehead atoms. The number of rotatable bonds is 4. The maximum absolute atomic E-state index is 12.7. The number of thiocarbonyl (C=S) groups is 1. The van der Waals surface area contributed by atoms with Crippen LogP contribution in [0.25, 0.3) is 6.08 Å². The Morgan fingerprint density at radius 3 is 2.50 bits per heavy atom. The van der Waals surface area contributed by atoms with Crippen molar-refractivity contribution in [3.63, 3.8) is 0 Å². The van der Waals surface area contributed by atoms with Gasteiger partial charge in [-0.05, 0) is 42.0 Å². The molecule has 1 aliphatic rings. The van der Waals surface area contributed by atoms with Crippen LogP contribution in [0.15, 0.2) is 53.4 Å². The van der Waals surface area contributed by atoms with Crippen LogP contribution in [0.4, 0.5) is 5.69 Å². The third kappa shape index (κ3) is 4.45. The Balaban J connectivity index is 1.84. The summed E-state index contributed by atoms with van der Waals surface area (Å²) in [6.45, 7) is 0. The number of carbonyl (C=O) groups is 1. The molecule has 1 amide bonds. The van der Waals surface area contributed by atoms with E-state index in [1.807, 2.05) is 0 Å². The highest BCUT2D eigenvalue weighted by atomic mass is 35.5. The van der Waals surface area contributed by atoms with Gasteiger partial charge in [-0.25, -0.2) is 0 Å². The first-order valence-corrected chi connectivity index (χ1v) is 10.7. The number of amides is 1. The maximum atomic E-state index is 12.7. The third-order valence-electron chi connectivity index (χ3n) is 3.29. The van der Waals surface area contributed by atoms with Crippen LogP contribution in [0.5, 0.6) is 5.75 Å². The minimum absolute atomic E-state index is 0.205. The second kappa shape index (κ2) is 7.40. The topological polar surface area (TPSA) is 63.7 Å². The highest BCUT2D eigenvalue weighted by Crippen LogP contribution is 2.36. The van der Waals surface area contributed by atoms with E-state index in [4.69, 9.17) is 28.0 Å². The van der Waals surface area contributed by atoms with Gasteiger partial charge in [-0.15, -0.1) is 0 Å². The lowest BCUT2D eigenvalue weighted by atomic mass is 10.2. The average Bonchev–Trinajstić information content (AvgIpc) is 2.82. The number of anilines is 1. The fourth-order valence-corrected chi connectivity index (χ4v) is 4.20. The van der Waals surface area contributed by atoms with Crippen molar-refractivity contribution in [3.8, 4) is 5.75 Å². The van der Waals surface area contributed by atoms with E-state index in [0.717, 1.165) is 11.8 Å². The smallest absolute Gasteiger partial charge is 0.306 e. The summed E-state index contributed by atoms with van der Waals surface area (Å²) in [5.41, 5.74) is 1.33. The Kier molecular flexibility index (Phi) is 5.38. The molecule has 1 saturated heterocycles. The zero-order valence-electron chi connectivity index (χ0n) is 13.4. The van der Waals surface area contributed by atoms with E-state index in [-0.39, 0.29) is 11.7 Å². The Morgan fingerprint density at radius 2 is 1.88 bits per heavy atom. The van der Waals surface area contributed by atoms with Crippen LogP contribution in [0.3, 0.4) is 0 Å². The van der Waals surface area contributed by atoms with E-state index < -0.39 is 10.1 Å². The second-order valence-electron chi connectivity index (χ2n) is 5.35. The van der Waals surface area contributed by atoms with Gasteiger partial charge in [0.25, 0.3) is 5.91 Å². The van der Waals surface area contributed by atoms with Crippen molar-refractivity contribution < 1.29 is 17.4 Å². The van der Waals surface area contributed by atoms with Gasteiger partial charge in [0.15, 0.2) is 4.32 Å². The van der Waals surface area contributed by atoms with Gasteiger partial charge in [-0.1, -0.05) is 53.8 Å². The Hall–Kier alpha value is -1.87. The van der Waals surface area contributed by atoms with E-state index in [1.165, 1.54) is 28.8 Å². The SMILES string of the molecule is CS(=O)(=O)Oc1ccc(/C=C2\SC(=S)N(c3cccc(Cl)c3)C2=O)cc1. The molecule has 0 spiro atoms. The molecule has 26 heavy (non-hydrogen) atoms. The Labute approximate surface area is 165 Å². The van der Waals surface area contributed by atoms with Crippen molar-refractivity contribution >= 4 is 67.7 Å². The van der Waals surface area contributed by atoms with Gasteiger partial charge in [0.1, 0.15) is 5.75 Å². The monoisotopic (exact) mass is 425 g/mol. The highest BCUT2D eigenvalue weighted by molar-refractivity contribution is 8.27. The largest absolute Gasteiger partial charge is 0.383 e. The van der Waals surface area contributed by atoms with Crippen LogP contribution in [-0.2, 0) is 14.9 Å². The lowest BCUT2D eigenvalue weighted by molar-refractivity contribution is -0.113. The molecule has 0 aromatic heterocycles. The summed E-state index contributed by atoms with van der Waals surface area (Å²) in [5, 5.41) is 0.516. The third-order valence-corrected chi connectivity index (χ3v) is 5.32. The molecule has 3 rings (SSSR count). The zero-order valence-corrected chi connectivity index (χ0v) is 16.6. The van der Waals surface area contributed by atoms with Crippen molar-refractivity contribution in [2.75, 3.05) is 11.2 Å². The highest BCUT2D eigenvalue weighted by Gasteiger charge is 2.33. The molecular weight excluding hydrogens is 414 g/mol. The molecule has 5 nitrogen and oxygen atoms in total. The lowest BCUT2D eigenvalue weighted by Crippen LogP contribution is -2.27. The predicted octanol–water partition coefficient (Wildman–Crippen LogP) is 4.08. The van der Waals surface area contributed by atoms with E-state index in [2.05, 4.69) is 0 Å². The van der Waals surface area contributed by atoms with Crippen LogP contribution in [0.2, 0.25) is 5.02 Å². The van der Waals surface area contributed by atoms with Crippen LogP contribution in [0, 0.1) is 0 Å². The summed E-state index contributed by atoms with van der Waals surface area (Å²) in [4.78, 5) is 14.6. The molecule has 0 N–H and O–H groups in total. The number of benzene rings is 2. The van der Waals surface area contributed by atoms with Crippen molar-refractivity contribution in [2.45, 2.75) is 0 Å². The Bertz CT molecular complexity index is 1020. The van der Waals surface area contributed by atoms with E-state index in [0.29, 0.717) is 19.9 Å². The number of halogens is 1. The number of carbonyl (C=O) groups excluding carboxylic acids is 1. The standard InChI is InChI=1S/C17H12ClNO4S3/c1-26(21,22)23-14-7-5-11(6-8-14)9-15-16(20)19(17(24)25-15)13-4-2-3-12(18)10-13/h2-10H,1H3/b15-9-. The summed E-state index contributed by atoms with van der Waals surface area (Å²) in [6, 6.07) is 13.3. The van der Waals surface area contributed by atoms with Gasteiger partial charge >= 0.3 is 10.1 Å². The van der Waals surface area contributed by atoms with Crippen molar-refractivity contribution in [3.05, 3.63) is 64.0 Å². The van der Waals surface area contributed by atoms with Crippen molar-refractivity contribution in [1.82, 2.24) is 0 Å². The van der Waals surface area contributed by atoms with Crippen LogP contribution < -0.4 is 9.08 Å². The molecular formula is C17H12ClNO4S3. The number of hydrogen-bond acceptors (Lipinski definition) is 6. The number of nitrogens with zero attached hydrogens (tertiary/aromatic N) is 1. The molecule has 9 heteroatoms. The molecule has 134 valence electrons. The van der Waals surface area contributed by atoms with Crippen molar-refractivity contribution in [2.24, 2.45) is 0 Å². The summed E-state index contributed by atoms with van der Waals surface area (Å²) >= 11 is 12.5. The Morgan fingerprint density at radius 1 is 1.19 bits per heavy atom. The average molecular weight is 426 g/mol. The van der Waals surface area contributed by atoms with Crippen LogP contribution >= 0.6 is 35.6 Å². The lowest BCUT2D eigenvalue weighted by Gasteiger charge is -2.14. The van der Waals surface area contributed by atoms with Gasteiger partial charge in [0.05, 0.1) is 16.8 Å². The quantitative estimate of drug-likeness (QED) is 0.417. The first-order chi connectivity index (χ1) is 12.2. The minimum Gasteiger partial charge on any atom is -0.383 e. The first-order valence-electron chi connectivity index (χ1n) is 7.26. The van der Waals surface area contributed by atoms with Gasteiger partial charge in [-0.2, -0.15) is 8.42 Å². The van der Waals surface area contributed by atoms with Crippen LogP contribution in [0.1, 0.15) is 5.56 Å². The van der Waals surface area contributed by atoms with Gasteiger partial charge in [-0.3, -0.25) is 9.69 Å². The molecule has 0 unspecified atom stereocenters. The minimum atomic E-state index is -3.58. The second-order valence-corrected chi connectivity index (χ2v) is 9.04.